The Morgan fingerprint density at radius 2 is 0.837 bits per heavy atom. The Morgan fingerprint density at radius 3 is 1.12 bits per heavy atom. The summed E-state index contributed by atoms with van der Waals surface area (Å²) in [5, 5.41) is 14.5. The summed E-state index contributed by atoms with van der Waals surface area (Å²) in [7, 11) is 0. The molecule has 4 heterocycles. The van der Waals surface area contributed by atoms with Gasteiger partial charge in [-0.1, -0.05) is 50.9 Å². The molecule has 0 bridgehead atoms. The molecular weight excluding hydrogens is 1450 g/mol. The van der Waals surface area contributed by atoms with Crippen molar-refractivity contribution in [3.8, 4) is 22.3 Å². The Balaban J connectivity index is 0.000000291. The van der Waals surface area contributed by atoms with E-state index in [2.05, 4.69) is 10.6 Å². The zero-order valence-electron chi connectivity index (χ0n) is 57.7. The minimum Gasteiger partial charge on any atom is -0.481 e. The van der Waals surface area contributed by atoms with Crippen molar-refractivity contribution in [2.24, 2.45) is 11.8 Å². The van der Waals surface area contributed by atoms with E-state index < -0.39 is 176 Å². The smallest absolute Gasteiger partial charge is 0.419 e. The molecule has 2 aliphatic heterocycles. The number of hydrogen-bond donors (Lipinski definition) is 3. The molecular formula is C72H76Cl2F16N6O8. The number of rotatable bonds is 25. The lowest BCUT2D eigenvalue weighted by molar-refractivity contribution is -0.144. The van der Waals surface area contributed by atoms with E-state index in [1.54, 1.807) is 27.7 Å². The van der Waals surface area contributed by atoms with Crippen LogP contribution < -0.4 is 21.8 Å². The summed E-state index contributed by atoms with van der Waals surface area (Å²) in [6.45, 7) is 16.7. The van der Waals surface area contributed by atoms with Gasteiger partial charge in [0.25, 0.3) is 11.1 Å². The zero-order valence-corrected chi connectivity index (χ0v) is 59.3. The van der Waals surface area contributed by atoms with Crippen LogP contribution in [0.2, 0.25) is 10.0 Å². The minimum absolute atomic E-state index is 0.0420. The number of carbonyl (C=O) groups is 4. The van der Waals surface area contributed by atoms with Crippen molar-refractivity contribution in [2.75, 3.05) is 45.9 Å². The first-order chi connectivity index (χ1) is 48.2. The van der Waals surface area contributed by atoms with Crippen LogP contribution in [0.4, 0.5) is 70.2 Å². The molecule has 2 fully saturated rings. The van der Waals surface area contributed by atoms with Crippen molar-refractivity contribution in [3.63, 3.8) is 0 Å². The lowest BCUT2D eigenvalue weighted by atomic mass is 9.89. The molecule has 0 spiro atoms. The third kappa shape index (κ3) is 20.1. The molecule has 4 aromatic carbocycles. The van der Waals surface area contributed by atoms with Gasteiger partial charge in [-0.2, -0.15) is 52.7 Å². The Morgan fingerprint density at radius 1 is 0.510 bits per heavy atom. The molecule has 2 saturated heterocycles. The Labute approximate surface area is 597 Å². The van der Waals surface area contributed by atoms with Gasteiger partial charge in [-0.15, -0.1) is 0 Å². The molecule has 2 amide bonds. The number of benzene rings is 4. The number of carboxylic acid groups (broad SMARTS) is 1. The van der Waals surface area contributed by atoms with E-state index in [1.807, 2.05) is 9.80 Å². The van der Waals surface area contributed by atoms with Crippen LogP contribution in [0.5, 0.6) is 0 Å². The lowest BCUT2D eigenvalue weighted by Gasteiger charge is -2.31. The molecule has 8 rings (SSSR count). The summed E-state index contributed by atoms with van der Waals surface area (Å²) >= 11 is 12.2. The predicted molar refractivity (Wildman–Crippen MR) is 356 cm³/mol. The van der Waals surface area contributed by atoms with Crippen LogP contribution in [0.15, 0.2) is 70.5 Å². The molecule has 2 unspecified atom stereocenters. The van der Waals surface area contributed by atoms with E-state index in [0.717, 1.165) is 34.4 Å². The molecule has 14 nitrogen and oxygen atoms in total. The second-order valence-corrected chi connectivity index (χ2v) is 27.5. The van der Waals surface area contributed by atoms with Gasteiger partial charge in [0, 0.05) is 69.9 Å². The van der Waals surface area contributed by atoms with Crippen molar-refractivity contribution >= 4 is 47.0 Å². The second kappa shape index (κ2) is 33.7. The number of aliphatic carboxylic acids is 1. The van der Waals surface area contributed by atoms with Crippen molar-refractivity contribution in [2.45, 2.75) is 163 Å². The predicted octanol–water partition coefficient (Wildman–Crippen LogP) is 17.0. The van der Waals surface area contributed by atoms with Crippen molar-refractivity contribution < 1.29 is 99.3 Å². The van der Waals surface area contributed by atoms with E-state index in [9.17, 15) is 86.6 Å². The number of pyridine rings is 2. The number of nitrogens with zero attached hydrogens (tertiary/aromatic N) is 4. The molecule has 0 saturated carbocycles. The Hall–Kier alpha value is -7.96. The van der Waals surface area contributed by atoms with Crippen LogP contribution in [0.3, 0.4) is 0 Å². The first-order valence-electron chi connectivity index (χ1n) is 33.0. The maximum atomic E-state index is 16.7. The maximum absolute atomic E-state index is 16.7. The van der Waals surface area contributed by atoms with E-state index in [1.165, 1.54) is 58.9 Å². The summed E-state index contributed by atoms with van der Waals surface area (Å²) in [6, 6.07) is -0.942. The van der Waals surface area contributed by atoms with E-state index in [0.29, 0.717) is 44.4 Å². The first-order valence-corrected chi connectivity index (χ1v) is 33.8. The fraction of sp³-hybridized carbons (Fsp3) is 0.472. The molecule has 0 radical (unpaired) electrons. The van der Waals surface area contributed by atoms with Gasteiger partial charge in [0.1, 0.15) is 35.4 Å². The number of alkyl halides is 12. The quantitative estimate of drug-likeness (QED) is 0.0370. The van der Waals surface area contributed by atoms with Gasteiger partial charge in [-0.05, 0) is 192 Å². The van der Waals surface area contributed by atoms with Crippen LogP contribution in [-0.4, -0.2) is 93.7 Å². The fourth-order valence-electron chi connectivity index (χ4n) is 12.9. The first kappa shape index (κ1) is 83.3. The highest BCUT2D eigenvalue weighted by Gasteiger charge is 2.44. The topological polar surface area (TPSA) is 172 Å². The zero-order chi connectivity index (χ0) is 77.7. The molecule has 4 atom stereocenters. The summed E-state index contributed by atoms with van der Waals surface area (Å²) in [4.78, 5) is 83.1. The minimum atomic E-state index is -5.40. The number of esters is 1. The summed E-state index contributed by atoms with van der Waals surface area (Å²) in [5.41, 5.74) is -12.6. The van der Waals surface area contributed by atoms with Crippen molar-refractivity contribution in [3.05, 3.63) is 182 Å². The molecule has 6 aromatic rings. The van der Waals surface area contributed by atoms with Crippen molar-refractivity contribution in [1.82, 2.24) is 29.6 Å². The average molecular weight is 1530 g/mol. The highest BCUT2D eigenvalue weighted by atomic mass is 35.5. The normalized spacial score (nSPS) is 15.0. The number of ether oxygens (including phenoxy) is 1. The lowest BCUT2D eigenvalue weighted by Crippen LogP contribution is -2.41. The number of amides is 2. The largest absolute Gasteiger partial charge is 0.481 e. The number of hydrogen-bond acceptors (Lipinski definition) is 9. The van der Waals surface area contributed by atoms with Crippen LogP contribution >= 0.6 is 23.2 Å². The summed E-state index contributed by atoms with van der Waals surface area (Å²) in [6.07, 6.45) is -20.0. The van der Waals surface area contributed by atoms with Gasteiger partial charge < -0.3 is 39.4 Å². The third-order valence-corrected chi connectivity index (χ3v) is 18.3. The molecule has 0 aliphatic carbocycles. The number of halogens is 18. The average Bonchev–Trinajstić information content (AvgIpc) is 0.748. The summed E-state index contributed by atoms with van der Waals surface area (Å²) in [5.74, 6) is -13.5. The summed E-state index contributed by atoms with van der Waals surface area (Å²) < 4.78 is 241. The maximum Gasteiger partial charge on any atom is 0.419 e. The SMILES string of the molecule is CCOC(=O)C[C@H](NC(=O)C(CC(C)C)n1cc(CCN2CCC2)c(C(F)(F)F)cc1=O)c1c(F)c(-c2c(C)cc(Cl)cc2C)cc(C(F)(F)F)c1F.Cc1cc(Cl)cc(C)c1-c1cc(C(F)(F)F)c(F)c([C@H](CC(=O)O)NC(=O)C(CC(C)C)n2cc(CCN3CCC3)c(C(F)(F)F)cc2=O)c1F. The van der Waals surface area contributed by atoms with E-state index >= 15 is 17.6 Å². The number of likely N-dealkylation sites (tertiary alicyclic amines) is 2. The number of carbonyl (C=O) groups excluding carboxylic acids is 3. The van der Waals surface area contributed by atoms with Gasteiger partial charge in [0.15, 0.2) is 0 Å². The van der Waals surface area contributed by atoms with E-state index in [-0.39, 0.29) is 106 Å². The Bertz CT molecular complexity index is 4270. The highest BCUT2D eigenvalue weighted by molar-refractivity contribution is 6.31. The highest BCUT2D eigenvalue weighted by Crippen LogP contribution is 2.46. The van der Waals surface area contributed by atoms with Gasteiger partial charge in [-0.25, -0.2) is 17.6 Å². The van der Waals surface area contributed by atoms with Gasteiger partial charge >= 0.3 is 36.6 Å². The number of aryl methyl sites for hydroxylation is 4. The van der Waals surface area contributed by atoms with Crippen LogP contribution in [-0.2, 0) is 61.5 Å². The third-order valence-electron chi connectivity index (χ3n) is 17.9. The van der Waals surface area contributed by atoms with Gasteiger partial charge in [0.05, 0.1) is 53.8 Å². The standard InChI is InChI=1S/C37H40ClF8N3O4.C35H36ClF8N3O4/c1-6-53-30(51)17-27(32-33(39)24(15-26(34(32)40)37(44,45)46)31-20(4)13-23(38)14-21(31)5)47-35(52)28(12-19(2)3)49-18-22(8-11-48-9-7-10-48)25(16-29(49)50)36(41,42)43;1-17(2)10-26(47-16-20(6-9-46-7-5-8-46)23(14-27(47)48)34(39,40)41)33(51)45-25(15-28(49)50)30-31(37)22(13-24(32(30)38)35(42,43)44)29-18(3)11-21(36)12-19(29)4/h13-16,18-19,27-28H,6-12,17H2,1-5H3,(H,47,52);11-14,16-17,25-26H,5-10,15H2,1-4H3,(H,45,51)(H,49,50)/t27-,28?;25-,26?/m00/s1. The Kier molecular flexibility index (Phi) is 27.0. The van der Waals surface area contributed by atoms with E-state index in [4.69, 9.17) is 27.9 Å². The monoisotopic (exact) mass is 1530 g/mol. The van der Waals surface area contributed by atoms with Crippen LogP contribution in [0.1, 0.15) is 164 Å². The van der Waals surface area contributed by atoms with Crippen molar-refractivity contribution in [1.29, 1.82) is 0 Å². The molecule has 2 aromatic heterocycles. The molecule has 3 N–H and O–H groups in total. The van der Waals surface area contributed by atoms with Crippen LogP contribution in [0.25, 0.3) is 22.3 Å². The van der Waals surface area contributed by atoms with Crippen LogP contribution in [0, 0.1) is 62.8 Å². The molecule has 2 aliphatic rings. The molecule has 32 heteroatoms. The number of aromatic nitrogens is 2. The number of nitrogens with one attached hydrogen (secondary N) is 2. The number of carboxylic acids is 1. The fourth-order valence-corrected chi connectivity index (χ4v) is 13.5. The van der Waals surface area contributed by atoms with Gasteiger partial charge in [0.2, 0.25) is 11.8 Å². The second-order valence-electron chi connectivity index (χ2n) is 26.7. The van der Waals surface area contributed by atoms with Gasteiger partial charge in [-0.3, -0.25) is 28.8 Å². The molecule has 104 heavy (non-hydrogen) atoms. The molecule has 568 valence electrons.